The summed E-state index contributed by atoms with van der Waals surface area (Å²) >= 11 is 0. The van der Waals surface area contributed by atoms with E-state index in [1.54, 1.807) is 19.9 Å². The van der Waals surface area contributed by atoms with Crippen LogP contribution >= 0.6 is 0 Å². The minimum absolute atomic E-state index is 0.159. The first-order valence-corrected chi connectivity index (χ1v) is 5.11. The third kappa shape index (κ3) is 3.31. The molecule has 5 heteroatoms. The smallest absolute Gasteiger partial charge is 0.253 e. The zero-order chi connectivity index (χ0) is 12.0. The summed E-state index contributed by atoms with van der Waals surface area (Å²) in [7, 11) is 0. The molecule has 1 amide bonds. The van der Waals surface area contributed by atoms with Gasteiger partial charge in [0.2, 0.25) is 0 Å². The number of hydrogen-bond acceptors (Lipinski definition) is 4. The van der Waals surface area contributed by atoms with Crippen molar-refractivity contribution in [1.29, 1.82) is 5.26 Å². The zero-order valence-corrected chi connectivity index (χ0v) is 9.45. The summed E-state index contributed by atoms with van der Waals surface area (Å²) in [6, 6.07) is 3.74. The lowest BCUT2D eigenvalue weighted by Gasteiger charge is -2.06. The molecule has 84 valence electrons. The van der Waals surface area contributed by atoms with Gasteiger partial charge in [-0.05, 0) is 26.3 Å². The summed E-state index contributed by atoms with van der Waals surface area (Å²) in [5.74, 6) is -0.159. The van der Waals surface area contributed by atoms with Crippen molar-refractivity contribution in [3.8, 4) is 6.07 Å². The van der Waals surface area contributed by atoms with Gasteiger partial charge in [0.05, 0.1) is 23.0 Å². The standard InChI is InChI=1S/C11H14N4O/c1-8-7-10(9(2)15-14-8)11(16)13-6-4-3-5-12/h7H,3-4,6H2,1-2H3,(H,13,16). The van der Waals surface area contributed by atoms with E-state index in [0.717, 1.165) is 0 Å². The van der Waals surface area contributed by atoms with E-state index in [0.29, 0.717) is 36.3 Å². The molecule has 0 aliphatic carbocycles. The topological polar surface area (TPSA) is 78.7 Å². The van der Waals surface area contributed by atoms with Crippen LogP contribution in [0.2, 0.25) is 0 Å². The molecule has 0 aliphatic rings. The molecule has 0 radical (unpaired) electrons. The summed E-state index contributed by atoms with van der Waals surface area (Å²) in [4.78, 5) is 11.7. The monoisotopic (exact) mass is 218 g/mol. The average Bonchev–Trinajstić information content (AvgIpc) is 2.27. The van der Waals surface area contributed by atoms with Gasteiger partial charge < -0.3 is 5.32 Å². The Bertz CT molecular complexity index is 422. The Morgan fingerprint density at radius 1 is 1.50 bits per heavy atom. The molecule has 1 rings (SSSR count). The van der Waals surface area contributed by atoms with E-state index in [9.17, 15) is 4.79 Å². The second kappa shape index (κ2) is 5.81. The lowest BCUT2D eigenvalue weighted by molar-refractivity contribution is 0.0952. The fourth-order valence-electron chi connectivity index (χ4n) is 1.24. The number of hydrogen-bond donors (Lipinski definition) is 1. The summed E-state index contributed by atoms with van der Waals surface area (Å²) < 4.78 is 0. The normalized spacial score (nSPS) is 9.56. The predicted molar refractivity (Wildman–Crippen MR) is 58.7 cm³/mol. The summed E-state index contributed by atoms with van der Waals surface area (Å²) in [6.45, 7) is 4.04. The highest BCUT2D eigenvalue weighted by atomic mass is 16.1. The van der Waals surface area contributed by atoms with Crippen LogP contribution < -0.4 is 5.32 Å². The van der Waals surface area contributed by atoms with Crippen LogP contribution in [0.15, 0.2) is 6.07 Å². The van der Waals surface area contributed by atoms with Crippen LogP contribution in [0, 0.1) is 25.2 Å². The van der Waals surface area contributed by atoms with Gasteiger partial charge in [-0.15, -0.1) is 0 Å². The number of nitrogens with one attached hydrogen (secondary N) is 1. The van der Waals surface area contributed by atoms with Crippen LogP contribution in [-0.4, -0.2) is 22.6 Å². The molecule has 0 saturated carbocycles. The van der Waals surface area contributed by atoms with E-state index in [4.69, 9.17) is 5.26 Å². The Morgan fingerprint density at radius 3 is 2.94 bits per heavy atom. The minimum Gasteiger partial charge on any atom is -0.352 e. The van der Waals surface area contributed by atoms with E-state index >= 15 is 0 Å². The molecule has 0 bridgehead atoms. The fraction of sp³-hybridized carbons (Fsp3) is 0.455. The summed E-state index contributed by atoms with van der Waals surface area (Å²) in [6.07, 6.45) is 1.12. The SMILES string of the molecule is Cc1cc(C(=O)NCCCC#N)c(C)nn1. The highest BCUT2D eigenvalue weighted by Gasteiger charge is 2.09. The molecule has 0 spiro atoms. The van der Waals surface area contributed by atoms with E-state index in [1.165, 1.54) is 0 Å². The van der Waals surface area contributed by atoms with E-state index in [2.05, 4.69) is 15.5 Å². The first-order chi connectivity index (χ1) is 7.65. The van der Waals surface area contributed by atoms with Crippen LogP contribution in [0.1, 0.15) is 34.6 Å². The molecule has 0 fully saturated rings. The van der Waals surface area contributed by atoms with Crippen molar-refractivity contribution < 1.29 is 4.79 Å². The van der Waals surface area contributed by atoms with Crippen molar-refractivity contribution in [1.82, 2.24) is 15.5 Å². The Balaban J connectivity index is 2.59. The third-order valence-corrected chi connectivity index (χ3v) is 2.10. The Kier molecular flexibility index (Phi) is 4.40. The molecule has 1 heterocycles. The third-order valence-electron chi connectivity index (χ3n) is 2.10. The molecular weight excluding hydrogens is 204 g/mol. The average molecular weight is 218 g/mol. The van der Waals surface area contributed by atoms with Gasteiger partial charge in [-0.1, -0.05) is 0 Å². The van der Waals surface area contributed by atoms with Crippen LogP contribution in [0.5, 0.6) is 0 Å². The Hall–Kier alpha value is -1.96. The lowest BCUT2D eigenvalue weighted by Crippen LogP contribution is -2.25. The molecule has 0 aliphatic heterocycles. The molecule has 1 N–H and O–H groups in total. The van der Waals surface area contributed by atoms with Gasteiger partial charge in [0.25, 0.3) is 5.91 Å². The van der Waals surface area contributed by atoms with Crippen LogP contribution in [0.3, 0.4) is 0 Å². The molecule has 0 aromatic carbocycles. The van der Waals surface area contributed by atoms with Gasteiger partial charge in [0.15, 0.2) is 0 Å². The van der Waals surface area contributed by atoms with Gasteiger partial charge in [-0.25, -0.2) is 0 Å². The molecule has 5 nitrogen and oxygen atoms in total. The maximum atomic E-state index is 11.7. The van der Waals surface area contributed by atoms with Gasteiger partial charge in [0, 0.05) is 13.0 Å². The molecule has 0 atom stereocenters. The number of rotatable bonds is 4. The van der Waals surface area contributed by atoms with Gasteiger partial charge in [0.1, 0.15) is 0 Å². The van der Waals surface area contributed by atoms with Crippen LogP contribution in [0.25, 0.3) is 0 Å². The first-order valence-electron chi connectivity index (χ1n) is 5.11. The Labute approximate surface area is 94.5 Å². The number of nitrogens with zero attached hydrogens (tertiary/aromatic N) is 3. The number of aromatic nitrogens is 2. The van der Waals surface area contributed by atoms with Gasteiger partial charge >= 0.3 is 0 Å². The van der Waals surface area contributed by atoms with E-state index in [-0.39, 0.29) is 5.91 Å². The van der Waals surface area contributed by atoms with Crippen LogP contribution in [0.4, 0.5) is 0 Å². The zero-order valence-electron chi connectivity index (χ0n) is 9.45. The second-order valence-electron chi connectivity index (χ2n) is 3.50. The van der Waals surface area contributed by atoms with Crippen molar-refractivity contribution in [3.63, 3.8) is 0 Å². The first kappa shape index (κ1) is 12.1. The number of amides is 1. The molecule has 1 aromatic rings. The minimum atomic E-state index is -0.159. The number of nitriles is 1. The van der Waals surface area contributed by atoms with Crippen molar-refractivity contribution >= 4 is 5.91 Å². The predicted octanol–water partition coefficient (Wildman–Crippen LogP) is 1.13. The largest absolute Gasteiger partial charge is 0.352 e. The summed E-state index contributed by atoms with van der Waals surface area (Å²) in [5.41, 5.74) is 1.88. The van der Waals surface area contributed by atoms with E-state index in [1.807, 2.05) is 6.07 Å². The maximum Gasteiger partial charge on any atom is 0.253 e. The number of carbonyl (C=O) groups excluding carboxylic acids is 1. The molecule has 1 aromatic heterocycles. The molecule has 0 unspecified atom stereocenters. The van der Waals surface area contributed by atoms with Crippen molar-refractivity contribution in [2.45, 2.75) is 26.7 Å². The Morgan fingerprint density at radius 2 is 2.25 bits per heavy atom. The van der Waals surface area contributed by atoms with Crippen molar-refractivity contribution in [2.75, 3.05) is 6.54 Å². The maximum absolute atomic E-state index is 11.7. The highest BCUT2D eigenvalue weighted by molar-refractivity contribution is 5.95. The highest BCUT2D eigenvalue weighted by Crippen LogP contribution is 2.04. The second-order valence-corrected chi connectivity index (χ2v) is 3.50. The molecule has 0 saturated heterocycles. The van der Waals surface area contributed by atoms with Gasteiger partial charge in [-0.2, -0.15) is 15.5 Å². The van der Waals surface area contributed by atoms with Gasteiger partial charge in [-0.3, -0.25) is 4.79 Å². The van der Waals surface area contributed by atoms with Crippen molar-refractivity contribution in [2.24, 2.45) is 0 Å². The number of unbranched alkanes of at least 4 members (excludes halogenated alkanes) is 1. The van der Waals surface area contributed by atoms with Crippen LogP contribution in [-0.2, 0) is 0 Å². The van der Waals surface area contributed by atoms with Crippen molar-refractivity contribution in [3.05, 3.63) is 23.0 Å². The fourth-order valence-corrected chi connectivity index (χ4v) is 1.24. The van der Waals surface area contributed by atoms with E-state index < -0.39 is 0 Å². The summed E-state index contributed by atoms with van der Waals surface area (Å²) in [5, 5.41) is 18.8. The quantitative estimate of drug-likeness (QED) is 0.768. The molecular formula is C11H14N4O. The molecule has 16 heavy (non-hydrogen) atoms. The number of aryl methyl sites for hydroxylation is 2. The lowest BCUT2D eigenvalue weighted by atomic mass is 10.2. The number of carbonyl (C=O) groups is 1.